The molecule has 0 unspecified atom stereocenters. The van der Waals surface area contributed by atoms with Crippen LogP contribution >= 0.6 is 8.25 Å². The van der Waals surface area contributed by atoms with Crippen LogP contribution in [0.2, 0.25) is 0 Å². The fraction of sp³-hybridized carbons (Fsp3) is 0.571. The zero-order chi connectivity index (χ0) is 24.7. The summed E-state index contributed by atoms with van der Waals surface area (Å²) in [5.41, 5.74) is 4.22. The van der Waals surface area contributed by atoms with Crippen molar-refractivity contribution in [3.05, 3.63) is 58.7 Å². The summed E-state index contributed by atoms with van der Waals surface area (Å²) in [7, 11) is -2.39. The SMILES string of the molecule is CC(C)(C)c1ccc(O[P+](=O)Oc2ccc(C(C)(C)C)cc2C(C)(C)C)c(C(C)(C)C)c1.[H-].[Na+]. The van der Waals surface area contributed by atoms with Gasteiger partial charge in [-0.3, -0.25) is 0 Å². The quantitative estimate of drug-likeness (QED) is 0.391. The molecule has 178 valence electrons. The van der Waals surface area contributed by atoms with Gasteiger partial charge in [0.1, 0.15) is 0 Å². The molecule has 0 radical (unpaired) electrons. The summed E-state index contributed by atoms with van der Waals surface area (Å²) in [5, 5.41) is 0. The molecule has 0 fully saturated rings. The Morgan fingerprint density at radius 1 is 0.576 bits per heavy atom. The van der Waals surface area contributed by atoms with E-state index in [9.17, 15) is 4.57 Å². The summed E-state index contributed by atoms with van der Waals surface area (Å²) in [6.45, 7) is 26.0. The van der Waals surface area contributed by atoms with Crippen LogP contribution in [0.3, 0.4) is 0 Å². The van der Waals surface area contributed by atoms with Crippen LogP contribution in [0.25, 0.3) is 0 Å². The summed E-state index contributed by atoms with van der Waals surface area (Å²) in [5.74, 6) is 1.21. The third-order valence-corrected chi connectivity index (χ3v) is 6.34. The first kappa shape index (κ1) is 30.2. The predicted molar refractivity (Wildman–Crippen MR) is 138 cm³/mol. The molecule has 3 nitrogen and oxygen atoms in total. The van der Waals surface area contributed by atoms with E-state index >= 15 is 0 Å². The first-order chi connectivity index (χ1) is 14.3. The van der Waals surface area contributed by atoms with Gasteiger partial charge in [-0.1, -0.05) is 107 Å². The van der Waals surface area contributed by atoms with Gasteiger partial charge in [0, 0.05) is 15.7 Å². The number of hydrogen-bond acceptors (Lipinski definition) is 3. The molecule has 0 aliphatic heterocycles. The molecule has 2 aromatic rings. The van der Waals surface area contributed by atoms with Crippen molar-refractivity contribution in [1.82, 2.24) is 0 Å². The molecule has 0 aromatic heterocycles. The maximum absolute atomic E-state index is 13.0. The second-order valence-corrected chi connectivity index (χ2v) is 13.6. The van der Waals surface area contributed by atoms with Crippen LogP contribution in [0.5, 0.6) is 11.5 Å². The van der Waals surface area contributed by atoms with Gasteiger partial charge >= 0.3 is 37.8 Å². The Labute approximate surface area is 226 Å². The molecule has 2 aromatic carbocycles. The molecular formula is C28H43NaO3P+. The number of rotatable bonds is 4. The smallest absolute Gasteiger partial charge is 1.00 e. The van der Waals surface area contributed by atoms with Crippen molar-refractivity contribution in [3.8, 4) is 11.5 Å². The average Bonchev–Trinajstić information content (AvgIpc) is 2.58. The van der Waals surface area contributed by atoms with Gasteiger partial charge in [0.15, 0.2) is 11.5 Å². The molecule has 2 rings (SSSR count). The Bertz CT molecular complexity index is 911. The van der Waals surface area contributed by atoms with Gasteiger partial charge in [-0.2, -0.15) is 0 Å². The largest absolute Gasteiger partial charge is 1.00 e. The van der Waals surface area contributed by atoms with E-state index in [1.54, 1.807) is 0 Å². The molecule has 33 heavy (non-hydrogen) atoms. The van der Waals surface area contributed by atoms with Crippen LogP contribution in [-0.2, 0) is 26.2 Å². The molecule has 0 bridgehead atoms. The second kappa shape index (κ2) is 10.4. The average molecular weight is 482 g/mol. The zero-order valence-electron chi connectivity index (χ0n) is 24.1. The van der Waals surface area contributed by atoms with Crippen molar-refractivity contribution < 1.29 is 44.6 Å². The minimum Gasteiger partial charge on any atom is -1.00 e. The molecule has 0 saturated carbocycles. The van der Waals surface area contributed by atoms with Crippen molar-refractivity contribution in [2.75, 3.05) is 0 Å². The molecular weight excluding hydrogens is 438 g/mol. The third kappa shape index (κ3) is 8.10. The van der Waals surface area contributed by atoms with Gasteiger partial charge in [-0.15, -0.1) is 0 Å². The fourth-order valence-electron chi connectivity index (χ4n) is 3.50. The van der Waals surface area contributed by atoms with E-state index in [1.165, 1.54) is 11.1 Å². The summed E-state index contributed by atoms with van der Waals surface area (Å²) in [6.07, 6.45) is 0. The van der Waals surface area contributed by atoms with E-state index in [4.69, 9.17) is 9.05 Å². The molecule has 0 amide bonds. The molecule has 5 heteroatoms. The summed E-state index contributed by atoms with van der Waals surface area (Å²) in [6, 6.07) is 12.3. The van der Waals surface area contributed by atoms with Crippen molar-refractivity contribution in [1.29, 1.82) is 0 Å². The minimum atomic E-state index is -2.39. The first-order valence-corrected chi connectivity index (χ1v) is 12.5. The van der Waals surface area contributed by atoms with Gasteiger partial charge in [-0.05, 0) is 44.9 Å². The van der Waals surface area contributed by atoms with E-state index in [2.05, 4.69) is 95.2 Å². The van der Waals surface area contributed by atoms with Crippen LogP contribution in [0, 0.1) is 0 Å². The Balaban J connectivity index is 0.00000544. The summed E-state index contributed by atoms with van der Waals surface area (Å²) < 4.78 is 24.8. The van der Waals surface area contributed by atoms with Gasteiger partial charge in [-0.25, -0.2) is 9.05 Å². The fourth-order valence-corrected chi connectivity index (χ4v) is 4.18. The van der Waals surface area contributed by atoms with Crippen LogP contribution in [0.15, 0.2) is 36.4 Å². The van der Waals surface area contributed by atoms with Crippen LogP contribution in [0.4, 0.5) is 0 Å². The van der Waals surface area contributed by atoms with Crippen molar-refractivity contribution in [2.45, 2.75) is 105 Å². The van der Waals surface area contributed by atoms with E-state index < -0.39 is 8.25 Å². The van der Waals surface area contributed by atoms with Crippen molar-refractivity contribution in [3.63, 3.8) is 0 Å². The summed E-state index contributed by atoms with van der Waals surface area (Å²) in [4.78, 5) is 0. The third-order valence-electron chi connectivity index (χ3n) is 5.65. The van der Waals surface area contributed by atoms with Gasteiger partial charge in [0.05, 0.1) is 0 Å². The standard InChI is InChI=1S/C28H42O3P.Na.H/c1-25(2,3)19-13-15-23(21(17-19)27(7,8)9)30-32(29)31-24-16-14-20(26(4,5)6)18-22(24)28(10,11)12;;/h13-18H,1-12H3;;/q2*+1;-1. The van der Waals surface area contributed by atoms with E-state index in [1.807, 2.05) is 24.3 Å². The molecule has 0 aliphatic rings. The molecule has 0 saturated heterocycles. The van der Waals surface area contributed by atoms with E-state index in [0.717, 1.165) is 11.1 Å². The van der Waals surface area contributed by atoms with Crippen molar-refractivity contribution in [2.24, 2.45) is 0 Å². The van der Waals surface area contributed by atoms with Crippen LogP contribution < -0.4 is 38.6 Å². The second-order valence-electron chi connectivity index (χ2n) is 12.8. The molecule has 0 aliphatic carbocycles. The molecule has 0 N–H and O–H groups in total. The van der Waals surface area contributed by atoms with Gasteiger partial charge < -0.3 is 1.43 Å². The number of hydrogen-bond donors (Lipinski definition) is 0. The van der Waals surface area contributed by atoms with Crippen molar-refractivity contribution >= 4 is 8.25 Å². The van der Waals surface area contributed by atoms with Crippen LogP contribution in [-0.4, -0.2) is 0 Å². The Hall–Kier alpha value is -0.860. The zero-order valence-corrected chi connectivity index (χ0v) is 26.0. The molecule has 0 heterocycles. The topological polar surface area (TPSA) is 35.5 Å². The summed E-state index contributed by atoms with van der Waals surface area (Å²) >= 11 is 0. The Morgan fingerprint density at radius 2 is 0.879 bits per heavy atom. The van der Waals surface area contributed by atoms with Gasteiger partial charge in [0.25, 0.3) is 0 Å². The van der Waals surface area contributed by atoms with E-state index in [0.29, 0.717) is 11.5 Å². The Morgan fingerprint density at radius 3 is 1.12 bits per heavy atom. The first-order valence-electron chi connectivity index (χ1n) is 11.4. The number of benzene rings is 2. The Kier molecular flexibility index (Phi) is 9.51. The predicted octanol–water partition coefficient (Wildman–Crippen LogP) is 6.11. The monoisotopic (exact) mass is 481 g/mol. The van der Waals surface area contributed by atoms with E-state index in [-0.39, 0.29) is 52.6 Å². The maximum atomic E-state index is 13.0. The molecule has 0 atom stereocenters. The molecule has 0 spiro atoms. The van der Waals surface area contributed by atoms with Crippen LogP contribution in [0.1, 0.15) is 107 Å². The maximum Gasteiger partial charge on any atom is 1.00 e. The van der Waals surface area contributed by atoms with Gasteiger partial charge in [0.2, 0.25) is 0 Å². The minimum absolute atomic E-state index is 0. The normalized spacial score (nSPS) is 12.7.